The van der Waals surface area contributed by atoms with Crippen LogP contribution in [0, 0.1) is 39.4 Å². The molecular formula is C38H68O6. The molecule has 6 nitrogen and oxygen atoms in total. The first kappa shape index (κ1) is 40.3. The van der Waals surface area contributed by atoms with Crippen molar-refractivity contribution in [2.75, 3.05) is 0 Å². The number of carbonyl (C=O) groups excluding carboxylic acids is 5. The van der Waals surface area contributed by atoms with Gasteiger partial charge in [0.15, 0.2) is 0 Å². The van der Waals surface area contributed by atoms with Crippen molar-refractivity contribution in [2.45, 2.75) is 172 Å². The van der Waals surface area contributed by atoms with Crippen LogP contribution in [0.4, 0.5) is 0 Å². The van der Waals surface area contributed by atoms with Gasteiger partial charge in [0, 0.05) is 39.4 Å². The number of Topliss-reactive ketones (excluding diaryl/α,β-unsaturated/α-hetero) is 5. The number of hydrogen-bond donors (Lipinski definition) is 1. The predicted molar refractivity (Wildman–Crippen MR) is 180 cm³/mol. The number of carbonyl (C=O) groups is 5. The zero-order chi connectivity index (χ0) is 34.1. The van der Waals surface area contributed by atoms with E-state index < -0.39 is 0 Å². The van der Waals surface area contributed by atoms with Crippen LogP contribution in [0.5, 0.6) is 0 Å². The van der Waals surface area contributed by atoms with E-state index in [0.29, 0.717) is 55.1 Å². The van der Waals surface area contributed by atoms with Gasteiger partial charge in [-0.1, -0.05) is 82.6 Å². The maximum atomic E-state index is 11.4. The van der Waals surface area contributed by atoms with Crippen LogP contribution in [0.1, 0.15) is 167 Å². The summed E-state index contributed by atoms with van der Waals surface area (Å²) in [6.07, 6.45) is 11.9. The lowest BCUT2D eigenvalue weighted by Crippen LogP contribution is -2.37. The Morgan fingerprint density at radius 3 is 1.43 bits per heavy atom. The third kappa shape index (κ3) is 14.2. The second kappa shape index (κ2) is 16.7. The van der Waals surface area contributed by atoms with Gasteiger partial charge >= 0.3 is 0 Å². The van der Waals surface area contributed by atoms with Gasteiger partial charge in [-0.2, -0.15) is 0 Å². The molecule has 44 heavy (non-hydrogen) atoms. The van der Waals surface area contributed by atoms with Gasteiger partial charge in [0.1, 0.15) is 28.9 Å². The first-order valence-electron chi connectivity index (χ1n) is 17.4. The summed E-state index contributed by atoms with van der Waals surface area (Å²) in [5.41, 5.74) is 0.486. The van der Waals surface area contributed by atoms with Crippen LogP contribution < -0.4 is 0 Å². The van der Waals surface area contributed by atoms with E-state index >= 15 is 0 Å². The van der Waals surface area contributed by atoms with Crippen molar-refractivity contribution in [3.63, 3.8) is 0 Å². The summed E-state index contributed by atoms with van der Waals surface area (Å²) in [4.78, 5) is 56.0. The summed E-state index contributed by atoms with van der Waals surface area (Å²) >= 11 is 0. The molecule has 0 aliphatic heterocycles. The van der Waals surface area contributed by atoms with Crippen LogP contribution in [-0.4, -0.2) is 40.1 Å². The molecule has 3 unspecified atom stereocenters. The number of rotatable bonds is 3. The highest BCUT2D eigenvalue weighted by Gasteiger charge is 2.38. The van der Waals surface area contributed by atoms with Crippen LogP contribution >= 0.6 is 0 Å². The van der Waals surface area contributed by atoms with Gasteiger partial charge in [0.25, 0.3) is 0 Å². The molecule has 1 N–H and O–H groups in total. The summed E-state index contributed by atoms with van der Waals surface area (Å²) in [5, 5.41) is 9.70. The smallest absolute Gasteiger partial charge is 0.143 e. The average Bonchev–Trinajstić information content (AvgIpc) is 2.82. The molecule has 0 amide bonds. The number of aliphatic hydroxyl groups is 1. The van der Waals surface area contributed by atoms with E-state index in [0.717, 1.165) is 32.1 Å². The van der Waals surface area contributed by atoms with Crippen molar-refractivity contribution in [3.8, 4) is 0 Å². The maximum Gasteiger partial charge on any atom is 0.143 e. The Labute approximate surface area is 270 Å². The van der Waals surface area contributed by atoms with E-state index in [-0.39, 0.29) is 59.2 Å². The summed E-state index contributed by atoms with van der Waals surface area (Å²) in [6.45, 7) is 23.0. The molecule has 4 aliphatic rings. The molecule has 6 heteroatoms. The molecule has 0 bridgehead atoms. The lowest BCUT2D eigenvalue weighted by atomic mass is 9.71. The van der Waals surface area contributed by atoms with Crippen molar-refractivity contribution >= 4 is 28.9 Å². The van der Waals surface area contributed by atoms with E-state index in [4.69, 9.17) is 0 Å². The molecule has 256 valence electrons. The van der Waals surface area contributed by atoms with Gasteiger partial charge in [0.05, 0.1) is 18.4 Å². The Morgan fingerprint density at radius 2 is 1.05 bits per heavy atom. The Morgan fingerprint density at radius 1 is 0.591 bits per heavy atom. The fourth-order valence-corrected chi connectivity index (χ4v) is 7.30. The highest BCUT2D eigenvalue weighted by atomic mass is 16.3. The van der Waals surface area contributed by atoms with Crippen LogP contribution in [0.3, 0.4) is 0 Å². The van der Waals surface area contributed by atoms with Crippen LogP contribution in [0.15, 0.2) is 0 Å². The minimum atomic E-state index is -0.293. The molecule has 0 heterocycles. The predicted octanol–water partition coefficient (Wildman–Crippen LogP) is 8.93. The van der Waals surface area contributed by atoms with E-state index in [9.17, 15) is 29.1 Å². The summed E-state index contributed by atoms with van der Waals surface area (Å²) in [5.74, 6) is 1.62. The fraction of sp³-hybridized carbons (Fsp3) is 0.868. The Hall–Kier alpha value is -1.69. The van der Waals surface area contributed by atoms with Crippen molar-refractivity contribution in [1.29, 1.82) is 0 Å². The second-order valence-electron chi connectivity index (χ2n) is 17.3. The van der Waals surface area contributed by atoms with E-state index in [1.165, 1.54) is 19.3 Å². The Bertz CT molecular complexity index is 970. The van der Waals surface area contributed by atoms with Crippen molar-refractivity contribution in [2.24, 2.45) is 39.4 Å². The number of aliphatic hydroxyl groups excluding tert-OH is 1. The summed E-state index contributed by atoms with van der Waals surface area (Å²) in [7, 11) is 0. The quantitative estimate of drug-likeness (QED) is 0.316. The largest absolute Gasteiger partial charge is 0.393 e. The number of hydrogen-bond acceptors (Lipinski definition) is 6. The molecule has 4 rings (SSSR count). The van der Waals surface area contributed by atoms with Gasteiger partial charge < -0.3 is 5.11 Å². The average molecular weight is 621 g/mol. The Balaban J connectivity index is 0.000000570. The molecule has 0 radical (unpaired) electrons. The molecule has 0 aromatic heterocycles. The first-order valence-corrected chi connectivity index (χ1v) is 17.4. The van der Waals surface area contributed by atoms with E-state index in [1.807, 2.05) is 34.6 Å². The van der Waals surface area contributed by atoms with Gasteiger partial charge in [-0.05, 0) is 72.5 Å². The molecule has 0 spiro atoms. The third-order valence-corrected chi connectivity index (χ3v) is 10.0. The first-order chi connectivity index (χ1) is 20.1. The standard InChI is InChI=1S/C10H16O2.C10H20O.C10H18O.C8H12O2.H2/c1-4-7-8(11)5-10(2,3)6-9(7)12;2*1-4-8-5-6-10(2,3)7-9(8)11;1-8(2)4-6(9)3-7(10)5-8;/h7H,4-6H2,1-3H3;8-9,11H,4-7H2,1-3H3;8H,4-7H2,1-3H3;3-5H2,1-2H3;1H. The molecule has 0 saturated heterocycles. The molecule has 0 aromatic rings. The molecule has 4 saturated carbocycles. The highest BCUT2D eigenvalue weighted by molar-refractivity contribution is 6.05. The topological polar surface area (TPSA) is 106 Å². The van der Waals surface area contributed by atoms with Gasteiger partial charge in [0.2, 0.25) is 0 Å². The van der Waals surface area contributed by atoms with Gasteiger partial charge in [-0.15, -0.1) is 0 Å². The minimum absolute atomic E-state index is 0. The second-order valence-corrected chi connectivity index (χ2v) is 17.3. The van der Waals surface area contributed by atoms with Crippen LogP contribution in [-0.2, 0) is 24.0 Å². The monoisotopic (exact) mass is 621 g/mol. The van der Waals surface area contributed by atoms with Gasteiger partial charge in [-0.25, -0.2) is 0 Å². The molecule has 4 aliphatic carbocycles. The normalized spacial score (nSPS) is 29.3. The van der Waals surface area contributed by atoms with Crippen molar-refractivity contribution in [1.82, 2.24) is 0 Å². The highest BCUT2D eigenvalue weighted by Crippen LogP contribution is 2.39. The molecule has 4 fully saturated rings. The van der Waals surface area contributed by atoms with E-state index in [2.05, 4.69) is 41.5 Å². The minimum Gasteiger partial charge on any atom is -0.393 e. The zero-order valence-electron chi connectivity index (χ0n) is 30.2. The zero-order valence-corrected chi connectivity index (χ0v) is 30.2. The maximum absolute atomic E-state index is 11.4. The molecule has 3 atom stereocenters. The Kier molecular flexibility index (Phi) is 15.4. The fourth-order valence-electron chi connectivity index (χ4n) is 7.30. The molecular weight excluding hydrogens is 552 g/mol. The van der Waals surface area contributed by atoms with E-state index in [1.54, 1.807) is 0 Å². The van der Waals surface area contributed by atoms with Gasteiger partial charge in [-0.3, -0.25) is 24.0 Å². The van der Waals surface area contributed by atoms with Crippen LogP contribution in [0.2, 0.25) is 0 Å². The van der Waals surface area contributed by atoms with Crippen molar-refractivity contribution < 1.29 is 30.5 Å². The summed E-state index contributed by atoms with van der Waals surface area (Å²) in [6, 6.07) is 0. The summed E-state index contributed by atoms with van der Waals surface area (Å²) < 4.78 is 0. The molecule has 0 aromatic carbocycles. The van der Waals surface area contributed by atoms with Crippen molar-refractivity contribution in [3.05, 3.63) is 0 Å². The SMILES string of the molecule is CC1(C)CC(=O)CC(=O)C1.CCC1C(=O)CC(C)(C)CC1=O.CCC1CCC(C)(C)CC1=O.CCC1CCC(C)(C)CC1O.[HH]. The lowest BCUT2D eigenvalue weighted by Gasteiger charge is -2.37. The number of ketones is 5. The lowest BCUT2D eigenvalue weighted by molar-refractivity contribution is -0.140. The van der Waals surface area contributed by atoms with Crippen LogP contribution in [0.25, 0.3) is 0 Å². The third-order valence-electron chi connectivity index (χ3n) is 10.0.